The zero-order valence-electron chi connectivity index (χ0n) is 13.8. The van der Waals surface area contributed by atoms with Crippen molar-refractivity contribution in [2.24, 2.45) is 5.92 Å². The lowest BCUT2D eigenvalue weighted by atomic mass is 10.1. The molecule has 3 heterocycles. The average molecular weight is 359 g/mol. The molecule has 0 bridgehead atoms. The molecule has 8 heteroatoms. The minimum Gasteiger partial charge on any atom is -0.352 e. The zero-order chi connectivity index (χ0) is 17.4. The van der Waals surface area contributed by atoms with E-state index < -0.39 is 0 Å². The summed E-state index contributed by atoms with van der Waals surface area (Å²) in [7, 11) is 0. The minimum atomic E-state index is -0.340. The number of carbonyl (C=O) groups excluding carboxylic acids is 1. The van der Waals surface area contributed by atoms with Gasteiger partial charge in [-0.3, -0.25) is 4.79 Å². The van der Waals surface area contributed by atoms with Crippen molar-refractivity contribution in [3.63, 3.8) is 0 Å². The number of aryl methyl sites for hydroxylation is 1. The van der Waals surface area contributed by atoms with E-state index >= 15 is 0 Å². The number of imidazole rings is 1. The quantitative estimate of drug-likeness (QED) is 0.777. The highest BCUT2D eigenvalue weighted by atomic mass is 32.1. The maximum atomic E-state index is 12.9. The summed E-state index contributed by atoms with van der Waals surface area (Å²) in [5.74, 6) is -0.128. The van der Waals surface area contributed by atoms with Crippen LogP contribution in [0.4, 0.5) is 9.52 Å². The lowest BCUT2D eigenvalue weighted by Crippen LogP contribution is -2.31. The second kappa shape index (κ2) is 6.44. The van der Waals surface area contributed by atoms with E-state index in [1.165, 1.54) is 24.3 Å². The Morgan fingerprint density at radius 1 is 1.40 bits per heavy atom. The predicted molar refractivity (Wildman–Crippen MR) is 94.7 cm³/mol. The molecule has 0 aliphatic carbocycles. The van der Waals surface area contributed by atoms with Crippen molar-refractivity contribution in [1.82, 2.24) is 19.9 Å². The third kappa shape index (κ3) is 3.34. The van der Waals surface area contributed by atoms with Crippen molar-refractivity contribution >= 4 is 27.3 Å². The highest BCUT2D eigenvalue weighted by molar-refractivity contribution is 7.20. The molecule has 1 saturated heterocycles. The Bertz CT molecular complexity index is 872. The smallest absolute Gasteiger partial charge is 0.251 e. The van der Waals surface area contributed by atoms with E-state index in [1.54, 1.807) is 11.3 Å². The molecular formula is C17H18FN5OS. The molecule has 1 atom stereocenters. The Kier molecular flexibility index (Phi) is 4.12. The first-order valence-corrected chi connectivity index (χ1v) is 9.01. The van der Waals surface area contributed by atoms with Crippen LogP contribution in [0.3, 0.4) is 0 Å². The number of carbonyl (C=O) groups is 1. The van der Waals surface area contributed by atoms with E-state index in [-0.39, 0.29) is 11.7 Å². The Morgan fingerprint density at radius 3 is 2.96 bits per heavy atom. The van der Waals surface area contributed by atoms with Crippen molar-refractivity contribution in [3.8, 4) is 0 Å². The normalized spacial score (nSPS) is 17.4. The second-order valence-electron chi connectivity index (χ2n) is 6.31. The van der Waals surface area contributed by atoms with E-state index in [0.717, 1.165) is 35.3 Å². The van der Waals surface area contributed by atoms with Gasteiger partial charge >= 0.3 is 0 Å². The maximum Gasteiger partial charge on any atom is 0.251 e. The third-order valence-electron chi connectivity index (χ3n) is 4.37. The Labute approximate surface area is 148 Å². The Hall–Kier alpha value is -2.48. The fourth-order valence-corrected chi connectivity index (χ4v) is 4.00. The van der Waals surface area contributed by atoms with Gasteiger partial charge in [-0.2, -0.15) is 0 Å². The number of hydrogen-bond donors (Lipinski definition) is 1. The number of benzene rings is 1. The van der Waals surface area contributed by atoms with Crippen LogP contribution in [-0.2, 0) is 0 Å². The van der Waals surface area contributed by atoms with Gasteiger partial charge in [0.15, 0.2) is 0 Å². The Morgan fingerprint density at radius 2 is 2.20 bits per heavy atom. The first-order valence-electron chi connectivity index (χ1n) is 8.20. The van der Waals surface area contributed by atoms with E-state index in [9.17, 15) is 9.18 Å². The van der Waals surface area contributed by atoms with Crippen molar-refractivity contribution in [3.05, 3.63) is 47.5 Å². The fourth-order valence-electron chi connectivity index (χ4n) is 3.04. The summed E-state index contributed by atoms with van der Waals surface area (Å²) in [5.41, 5.74) is 1.45. The molecule has 25 heavy (non-hydrogen) atoms. The monoisotopic (exact) mass is 359 g/mol. The molecule has 1 aliphatic rings. The molecular weight excluding hydrogens is 341 g/mol. The molecule has 3 aromatic rings. The topological polar surface area (TPSA) is 62.5 Å². The van der Waals surface area contributed by atoms with Crippen molar-refractivity contribution < 1.29 is 9.18 Å². The van der Waals surface area contributed by atoms with Gasteiger partial charge < -0.3 is 10.2 Å². The summed E-state index contributed by atoms with van der Waals surface area (Å²) >= 11 is 1.58. The Balaban J connectivity index is 1.33. The first-order chi connectivity index (χ1) is 12.1. The molecule has 1 unspecified atom stereocenters. The highest BCUT2D eigenvalue weighted by Gasteiger charge is 2.25. The molecule has 0 saturated carbocycles. The molecule has 1 fully saturated rings. The molecule has 2 aromatic heterocycles. The number of nitrogens with one attached hydrogen (secondary N) is 1. The van der Waals surface area contributed by atoms with Gasteiger partial charge in [0.2, 0.25) is 10.1 Å². The van der Waals surface area contributed by atoms with Crippen LogP contribution in [0.25, 0.3) is 4.96 Å². The van der Waals surface area contributed by atoms with Gasteiger partial charge in [0, 0.05) is 25.2 Å². The van der Waals surface area contributed by atoms with E-state index in [1.807, 2.05) is 17.6 Å². The second-order valence-corrected chi connectivity index (χ2v) is 7.25. The van der Waals surface area contributed by atoms with Gasteiger partial charge in [-0.15, -0.1) is 5.10 Å². The van der Waals surface area contributed by atoms with Gasteiger partial charge in [0.25, 0.3) is 5.91 Å². The lowest BCUT2D eigenvalue weighted by molar-refractivity contribution is 0.0948. The molecule has 1 aromatic carbocycles. The highest BCUT2D eigenvalue weighted by Crippen LogP contribution is 2.28. The third-order valence-corrected chi connectivity index (χ3v) is 5.35. The predicted octanol–water partition coefficient (Wildman–Crippen LogP) is 2.49. The lowest BCUT2D eigenvalue weighted by Gasteiger charge is -2.14. The van der Waals surface area contributed by atoms with Crippen LogP contribution >= 0.6 is 11.3 Å². The van der Waals surface area contributed by atoms with Crippen molar-refractivity contribution in [2.75, 3.05) is 24.5 Å². The fraction of sp³-hybridized carbons (Fsp3) is 0.353. The SMILES string of the molecule is Cc1cn2nc(N3CCC(CNC(=O)c4ccc(F)cc4)C3)sc2n1. The number of fused-ring (bicyclic) bond motifs is 1. The molecule has 0 radical (unpaired) electrons. The first kappa shape index (κ1) is 16.0. The van der Waals surface area contributed by atoms with E-state index in [0.29, 0.717) is 18.0 Å². The number of rotatable bonds is 4. The van der Waals surface area contributed by atoms with Crippen LogP contribution in [0.5, 0.6) is 0 Å². The molecule has 6 nitrogen and oxygen atoms in total. The molecule has 1 aliphatic heterocycles. The molecule has 4 rings (SSSR count). The van der Waals surface area contributed by atoms with Crippen LogP contribution in [0.15, 0.2) is 30.5 Å². The number of nitrogens with zero attached hydrogens (tertiary/aromatic N) is 4. The largest absolute Gasteiger partial charge is 0.352 e. The number of halogens is 1. The van der Waals surface area contributed by atoms with Crippen LogP contribution < -0.4 is 10.2 Å². The minimum absolute atomic E-state index is 0.165. The van der Waals surface area contributed by atoms with Gasteiger partial charge in [-0.25, -0.2) is 13.9 Å². The van der Waals surface area contributed by atoms with Gasteiger partial charge in [0.05, 0.1) is 11.9 Å². The van der Waals surface area contributed by atoms with Crippen molar-refractivity contribution in [2.45, 2.75) is 13.3 Å². The molecule has 1 N–H and O–H groups in total. The zero-order valence-corrected chi connectivity index (χ0v) is 14.6. The van der Waals surface area contributed by atoms with Crippen LogP contribution in [0, 0.1) is 18.7 Å². The summed E-state index contributed by atoms with van der Waals surface area (Å²) in [6.07, 6.45) is 2.93. The molecule has 130 valence electrons. The van der Waals surface area contributed by atoms with E-state index in [4.69, 9.17) is 0 Å². The average Bonchev–Trinajstić information content (AvgIpc) is 3.27. The summed E-state index contributed by atoms with van der Waals surface area (Å²) in [6, 6.07) is 5.59. The van der Waals surface area contributed by atoms with Crippen LogP contribution in [-0.4, -0.2) is 40.1 Å². The number of amides is 1. The van der Waals surface area contributed by atoms with Gasteiger partial charge in [-0.05, 0) is 43.5 Å². The van der Waals surface area contributed by atoms with Crippen molar-refractivity contribution in [1.29, 1.82) is 0 Å². The van der Waals surface area contributed by atoms with Gasteiger partial charge in [-0.1, -0.05) is 11.3 Å². The standard InChI is InChI=1S/C17H18FN5OS/c1-11-9-23-16(20-11)25-17(21-23)22-7-6-12(10-22)8-19-15(24)13-2-4-14(18)5-3-13/h2-5,9,12H,6-8,10H2,1H3,(H,19,24). The summed E-state index contributed by atoms with van der Waals surface area (Å²) in [6.45, 7) is 4.34. The number of aromatic nitrogens is 3. The maximum absolute atomic E-state index is 12.9. The van der Waals surface area contributed by atoms with Crippen LogP contribution in [0.2, 0.25) is 0 Å². The van der Waals surface area contributed by atoms with Crippen LogP contribution in [0.1, 0.15) is 22.5 Å². The summed E-state index contributed by atoms with van der Waals surface area (Å²) < 4.78 is 14.7. The summed E-state index contributed by atoms with van der Waals surface area (Å²) in [4.78, 5) is 19.7. The van der Waals surface area contributed by atoms with E-state index in [2.05, 4.69) is 20.3 Å². The van der Waals surface area contributed by atoms with Gasteiger partial charge in [0.1, 0.15) is 5.82 Å². The number of anilines is 1. The summed E-state index contributed by atoms with van der Waals surface area (Å²) in [5, 5.41) is 8.48. The molecule has 0 spiro atoms. The number of hydrogen-bond acceptors (Lipinski definition) is 5. The molecule has 1 amide bonds.